The number of esters is 1. The summed E-state index contributed by atoms with van der Waals surface area (Å²) in [5, 5.41) is -3.44. The summed E-state index contributed by atoms with van der Waals surface area (Å²) < 4.78 is 56.8. The highest BCUT2D eigenvalue weighted by atomic mass is 79.9. The van der Waals surface area contributed by atoms with Crippen LogP contribution in [-0.2, 0) is 9.53 Å². The van der Waals surface area contributed by atoms with Crippen LogP contribution in [0.1, 0.15) is 71.1 Å². The number of carbonyl (C=O) groups excluding carboxylic acids is 1. The van der Waals surface area contributed by atoms with E-state index < -0.39 is 33.8 Å². The van der Waals surface area contributed by atoms with Crippen LogP contribution in [0.4, 0.5) is 17.9 Å². The Morgan fingerprint density at radius 1 is 0.960 bits per heavy atom. The van der Waals surface area contributed by atoms with Crippen molar-refractivity contribution in [1.29, 1.82) is 0 Å². The van der Waals surface area contributed by atoms with Crippen molar-refractivity contribution in [3.05, 3.63) is 0 Å². The molecule has 0 saturated heterocycles. The fraction of sp³-hybridized carbons (Fsp3) is 0.933. The first kappa shape index (κ1) is 25.1. The van der Waals surface area contributed by atoms with Gasteiger partial charge in [0.2, 0.25) is 0 Å². The van der Waals surface area contributed by atoms with Crippen molar-refractivity contribution in [2.45, 2.75) is 81.8 Å². The fourth-order valence-electron chi connectivity index (χ4n) is 2.30. The van der Waals surface area contributed by atoms with Gasteiger partial charge in [0.1, 0.15) is 4.83 Å². The smallest absolute Gasteiger partial charge is 0.335 e. The Hall–Kier alpha value is 0.0700. The van der Waals surface area contributed by atoms with Crippen molar-refractivity contribution in [2.24, 2.45) is 0 Å². The molecule has 10 heteroatoms. The van der Waals surface area contributed by atoms with E-state index in [1.54, 1.807) is 0 Å². The minimum absolute atomic E-state index is 0.0527. The monoisotopic (exact) mass is 500 g/mol. The van der Waals surface area contributed by atoms with E-state index in [4.69, 9.17) is 0 Å². The van der Waals surface area contributed by atoms with Gasteiger partial charge in [0.05, 0.1) is 10.7 Å². The average molecular weight is 502 g/mol. The predicted molar refractivity (Wildman–Crippen MR) is 95.3 cm³/mol. The molecule has 0 aromatic carbocycles. The van der Waals surface area contributed by atoms with E-state index in [-0.39, 0.29) is 11.8 Å². The Balaban J connectivity index is 4.39. The first-order valence-electron chi connectivity index (χ1n) is 8.48. The second-order valence-electron chi connectivity index (χ2n) is 5.83. The lowest BCUT2D eigenvalue weighted by Crippen LogP contribution is -2.53. The molecule has 0 fully saturated rings. The summed E-state index contributed by atoms with van der Waals surface area (Å²) in [6.45, 7) is 2.13. The highest BCUT2D eigenvalue weighted by molar-refractivity contribution is 9.12. The second kappa shape index (κ2) is 14.2. The third-order valence-corrected chi connectivity index (χ3v) is 6.00. The predicted octanol–water partition coefficient (Wildman–Crippen LogP) is 6.40. The van der Waals surface area contributed by atoms with Gasteiger partial charge in [-0.15, -0.1) is 0 Å². The SMILES string of the molecule is CCCCCCCCCCCC(OC(=O)C(Br)CBr)(N(F)F)N(F)F. The van der Waals surface area contributed by atoms with E-state index in [0.717, 1.165) is 32.1 Å². The van der Waals surface area contributed by atoms with Crippen LogP contribution in [0.2, 0.25) is 0 Å². The molecule has 1 unspecified atom stereocenters. The van der Waals surface area contributed by atoms with Gasteiger partial charge in [0, 0.05) is 11.8 Å². The molecule has 25 heavy (non-hydrogen) atoms. The van der Waals surface area contributed by atoms with Crippen LogP contribution < -0.4 is 0 Å². The highest BCUT2D eigenvalue weighted by Gasteiger charge is 2.51. The molecule has 0 N–H and O–H groups in total. The average Bonchev–Trinajstić information content (AvgIpc) is 2.57. The highest BCUT2D eigenvalue weighted by Crippen LogP contribution is 2.32. The zero-order valence-corrected chi connectivity index (χ0v) is 17.5. The van der Waals surface area contributed by atoms with Gasteiger partial charge in [-0.05, 0) is 6.42 Å². The van der Waals surface area contributed by atoms with Gasteiger partial charge in [-0.1, -0.05) is 108 Å². The van der Waals surface area contributed by atoms with Crippen molar-refractivity contribution in [1.82, 2.24) is 10.7 Å². The first-order valence-corrected chi connectivity index (χ1v) is 10.5. The van der Waals surface area contributed by atoms with Crippen LogP contribution in [0.3, 0.4) is 0 Å². The molecule has 0 aromatic rings. The zero-order chi connectivity index (χ0) is 19.3. The lowest BCUT2D eigenvalue weighted by Gasteiger charge is -2.32. The van der Waals surface area contributed by atoms with E-state index in [1.165, 1.54) is 12.8 Å². The maximum Gasteiger partial charge on any atom is 0.335 e. The van der Waals surface area contributed by atoms with Gasteiger partial charge in [-0.2, -0.15) is 0 Å². The van der Waals surface area contributed by atoms with Crippen molar-refractivity contribution < 1.29 is 27.5 Å². The molecule has 0 aliphatic rings. The topological polar surface area (TPSA) is 32.8 Å². The van der Waals surface area contributed by atoms with Gasteiger partial charge >= 0.3 is 11.8 Å². The van der Waals surface area contributed by atoms with Crippen molar-refractivity contribution in [3.63, 3.8) is 0 Å². The number of hydrogen-bond donors (Lipinski definition) is 0. The summed E-state index contributed by atoms with van der Waals surface area (Å²) in [5.74, 6) is -4.54. The summed E-state index contributed by atoms with van der Waals surface area (Å²) in [5.41, 5.74) is 0. The molecular weight excluding hydrogens is 476 g/mol. The summed E-state index contributed by atoms with van der Waals surface area (Å²) in [6.07, 6.45) is 7.35. The largest absolute Gasteiger partial charge is 0.419 e. The quantitative estimate of drug-likeness (QED) is 0.0648. The molecule has 0 amide bonds. The molecule has 0 aliphatic heterocycles. The molecule has 0 bridgehead atoms. The molecule has 1 atom stereocenters. The number of carbonyl (C=O) groups is 1. The molecule has 0 aliphatic carbocycles. The third kappa shape index (κ3) is 9.53. The van der Waals surface area contributed by atoms with Gasteiger partial charge < -0.3 is 4.74 Å². The van der Waals surface area contributed by atoms with Gasteiger partial charge in [0.15, 0.2) is 0 Å². The molecule has 0 aromatic heterocycles. The number of nitrogens with zero attached hydrogens (tertiary/aromatic N) is 2. The summed E-state index contributed by atoms with van der Waals surface area (Å²) in [7, 11) is 0. The molecule has 0 saturated carbocycles. The maximum absolute atomic E-state index is 13.1. The fourth-order valence-corrected chi connectivity index (χ4v) is 2.66. The van der Waals surface area contributed by atoms with E-state index in [9.17, 15) is 22.7 Å². The Bertz CT molecular complexity index is 358. The molecule has 0 radical (unpaired) electrons. The lowest BCUT2D eigenvalue weighted by atomic mass is 10.1. The summed E-state index contributed by atoms with van der Waals surface area (Å²) in [6, 6.07) is 0. The first-order chi connectivity index (χ1) is 11.8. The minimum Gasteiger partial charge on any atom is -0.419 e. The van der Waals surface area contributed by atoms with E-state index in [0.29, 0.717) is 6.42 Å². The Morgan fingerprint density at radius 2 is 1.40 bits per heavy atom. The number of hydrogen-bond acceptors (Lipinski definition) is 4. The second-order valence-corrected chi connectivity index (χ2v) is 7.58. The molecular formula is C15H26Br2F4N2O2. The van der Waals surface area contributed by atoms with E-state index in [1.807, 2.05) is 0 Å². The van der Waals surface area contributed by atoms with Crippen LogP contribution in [0.5, 0.6) is 0 Å². The number of unbranched alkanes of at least 4 members (excludes halogenated alkanes) is 8. The normalized spacial score (nSPS) is 13.5. The number of rotatable bonds is 15. The van der Waals surface area contributed by atoms with Crippen LogP contribution in [0.25, 0.3) is 0 Å². The zero-order valence-electron chi connectivity index (χ0n) is 14.3. The number of alkyl halides is 2. The summed E-state index contributed by atoms with van der Waals surface area (Å²) in [4.78, 5) is 10.6. The summed E-state index contributed by atoms with van der Waals surface area (Å²) >= 11 is 5.82. The Kier molecular flexibility index (Phi) is 14.2. The number of ether oxygens (including phenoxy) is 1. The standard InChI is InChI=1S/C15H26Br2F4N2O2/c1-2-3-4-5-6-7-8-9-10-11-15(22(18)19,23(20)21)25-14(24)13(17)12-16/h13H,2-12H2,1H3. The molecule has 0 heterocycles. The third-order valence-electron chi connectivity index (χ3n) is 3.79. The van der Waals surface area contributed by atoms with Gasteiger partial charge in [0.25, 0.3) is 0 Å². The van der Waals surface area contributed by atoms with Gasteiger partial charge in [-0.3, -0.25) is 4.79 Å². The molecule has 0 rings (SSSR count). The minimum atomic E-state index is -3.35. The van der Waals surface area contributed by atoms with Gasteiger partial charge in [-0.25, -0.2) is 0 Å². The maximum atomic E-state index is 13.1. The van der Waals surface area contributed by atoms with Crippen molar-refractivity contribution in [2.75, 3.05) is 5.33 Å². The van der Waals surface area contributed by atoms with Crippen LogP contribution >= 0.6 is 31.9 Å². The van der Waals surface area contributed by atoms with Crippen LogP contribution in [-0.4, -0.2) is 32.7 Å². The van der Waals surface area contributed by atoms with Crippen LogP contribution in [0.15, 0.2) is 0 Å². The molecule has 150 valence electrons. The molecule has 4 nitrogen and oxygen atoms in total. The number of halogens is 6. The van der Waals surface area contributed by atoms with Crippen molar-refractivity contribution in [3.8, 4) is 0 Å². The van der Waals surface area contributed by atoms with E-state index in [2.05, 4.69) is 43.5 Å². The Morgan fingerprint density at radius 3 is 1.80 bits per heavy atom. The Labute approximate surface area is 163 Å². The van der Waals surface area contributed by atoms with Crippen LogP contribution in [0, 0.1) is 0 Å². The van der Waals surface area contributed by atoms with E-state index >= 15 is 0 Å². The lowest BCUT2D eigenvalue weighted by molar-refractivity contribution is -0.445. The molecule has 0 spiro atoms. The van der Waals surface area contributed by atoms with Crippen molar-refractivity contribution >= 4 is 37.8 Å².